The third kappa shape index (κ3) is 3.91. The van der Waals surface area contributed by atoms with Gasteiger partial charge in [-0.25, -0.2) is 0 Å². The van der Waals surface area contributed by atoms with Crippen molar-refractivity contribution in [3.63, 3.8) is 0 Å². The van der Waals surface area contributed by atoms with Crippen molar-refractivity contribution < 1.29 is 9.59 Å². The fraction of sp³-hybridized carbons (Fsp3) is 0.500. The number of amides is 2. The zero-order chi connectivity index (χ0) is 15.4. The Morgan fingerprint density at radius 1 is 1.14 bits per heavy atom. The molecule has 114 valence electrons. The van der Waals surface area contributed by atoms with E-state index in [0.29, 0.717) is 32.7 Å². The number of carbonyl (C=O) groups excluding carboxylic acids is 2. The second-order valence-corrected chi connectivity index (χ2v) is 5.34. The van der Waals surface area contributed by atoms with Crippen molar-refractivity contribution in [2.45, 2.75) is 0 Å². The molecule has 0 aromatic carbocycles. The van der Waals surface area contributed by atoms with Crippen LogP contribution in [0.1, 0.15) is 10.5 Å². The highest BCUT2D eigenvalue weighted by molar-refractivity contribution is 5.92. The Kier molecular flexibility index (Phi) is 4.74. The van der Waals surface area contributed by atoms with E-state index in [1.54, 1.807) is 21.9 Å². The number of aromatic amines is 1. The van der Waals surface area contributed by atoms with Crippen LogP contribution < -0.4 is 5.56 Å². The average molecular weight is 292 g/mol. The molecule has 0 atom stereocenters. The molecule has 0 saturated carbocycles. The lowest BCUT2D eigenvalue weighted by Crippen LogP contribution is -2.52. The van der Waals surface area contributed by atoms with E-state index < -0.39 is 0 Å². The summed E-state index contributed by atoms with van der Waals surface area (Å²) in [6.45, 7) is 2.38. The number of likely N-dealkylation sites (N-methyl/N-ethyl adjacent to an activating group) is 1. The molecule has 2 rings (SSSR count). The lowest BCUT2D eigenvalue weighted by molar-refractivity contribution is -0.133. The summed E-state index contributed by atoms with van der Waals surface area (Å²) in [5.74, 6) is -0.132. The van der Waals surface area contributed by atoms with Gasteiger partial charge in [0.2, 0.25) is 11.5 Å². The van der Waals surface area contributed by atoms with Crippen LogP contribution in [0, 0.1) is 0 Å². The topological polar surface area (TPSA) is 76.7 Å². The Balaban J connectivity index is 1.93. The molecule has 0 bridgehead atoms. The van der Waals surface area contributed by atoms with Crippen molar-refractivity contribution in [3.8, 4) is 0 Å². The predicted octanol–water partition coefficient (Wildman–Crippen LogP) is -0.779. The van der Waals surface area contributed by atoms with Gasteiger partial charge < -0.3 is 19.7 Å². The van der Waals surface area contributed by atoms with Crippen molar-refractivity contribution in [2.24, 2.45) is 0 Å². The van der Waals surface area contributed by atoms with Crippen LogP contribution in [0.4, 0.5) is 0 Å². The van der Waals surface area contributed by atoms with Gasteiger partial charge in [0.25, 0.3) is 5.91 Å². The minimum atomic E-state index is -0.291. The number of rotatable bonds is 3. The second-order valence-electron chi connectivity index (χ2n) is 5.34. The molecule has 21 heavy (non-hydrogen) atoms. The number of nitrogens with one attached hydrogen (secondary N) is 1. The quantitative estimate of drug-likeness (QED) is 0.793. The predicted molar refractivity (Wildman–Crippen MR) is 78.1 cm³/mol. The van der Waals surface area contributed by atoms with E-state index in [1.165, 1.54) is 6.07 Å². The molecule has 1 saturated heterocycles. The SMILES string of the molecule is CN(C)CC(=O)N1CCN(C(=O)c2cccc(=O)[nH]2)CC1. The third-order valence-corrected chi connectivity index (χ3v) is 3.37. The van der Waals surface area contributed by atoms with Crippen molar-refractivity contribution in [2.75, 3.05) is 46.8 Å². The summed E-state index contributed by atoms with van der Waals surface area (Å²) in [5, 5.41) is 0. The van der Waals surface area contributed by atoms with Crippen LogP contribution in [-0.2, 0) is 4.79 Å². The van der Waals surface area contributed by atoms with Crippen molar-refractivity contribution >= 4 is 11.8 Å². The third-order valence-electron chi connectivity index (χ3n) is 3.37. The maximum atomic E-state index is 12.3. The first-order valence-electron chi connectivity index (χ1n) is 6.88. The molecule has 0 radical (unpaired) electrons. The van der Waals surface area contributed by atoms with Crippen LogP contribution in [0.2, 0.25) is 0 Å². The van der Waals surface area contributed by atoms with Gasteiger partial charge >= 0.3 is 0 Å². The Labute approximate surface area is 123 Å². The number of nitrogens with zero attached hydrogens (tertiary/aromatic N) is 3. The number of pyridine rings is 1. The second kappa shape index (κ2) is 6.53. The highest BCUT2D eigenvalue weighted by Crippen LogP contribution is 2.06. The average Bonchev–Trinajstić information content (AvgIpc) is 2.46. The van der Waals surface area contributed by atoms with Gasteiger partial charge in [0.1, 0.15) is 5.69 Å². The van der Waals surface area contributed by atoms with Crippen molar-refractivity contribution in [1.29, 1.82) is 0 Å². The molecule has 1 fully saturated rings. The van der Waals surface area contributed by atoms with Crippen molar-refractivity contribution in [3.05, 3.63) is 34.2 Å². The Morgan fingerprint density at radius 3 is 2.33 bits per heavy atom. The fourth-order valence-corrected chi connectivity index (χ4v) is 2.27. The van der Waals surface area contributed by atoms with Gasteiger partial charge in [-0.05, 0) is 20.2 Å². The smallest absolute Gasteiger partial charge is 0.270 e. The molecule has 7 nitrogen and oxygen atoms in total. The molecular formula is C14H20N4O3. The standard InChI is InChI=1S/C14H20N4O3/c1-16(2)10-13(20)17-6-8-18(9-7-17)14(21)11-4-3-5-12(19)15-11/h3-5H,6-10H2,1-2H3,(H,15,19). The summed E-state index contributed by atoms with van der Waals surface area (Å²) in [6.07, 6.45) is 0. The van der Waals surface area contributed by atoms with Gasteiger partial charge in [0.15, 0.2) is 0 Å². The number of hydrogen-bond donors (Lipinski definition) is 1. The fourth-order valence-electron chi connectivity index (χ4n) is 2.27. The minimum Gasteiger partial charge on any atom is -0.338 e. The van der Waals surface area contributed by atoms with Gasteiger partial charge in [-0.3, -0.25) is 14.4 Å². The van der Waals surface area contributed by atoms with Crippen LogP contribution in [0.5, 0.6) is 0 Å². The van der Waals surface area contributed by atoms with E-state index in [-0.39, 0.29) is 23.1 Å². The molecule has 2 heterocycles. The normalized spacial score (nSPS) is 15.4. The van der Waals surface area contributed by atoms with Crippen LogP contribution in [0.25, 0.3) is 0 Å². The molecular weight excluding hydrogens is 272 g/mol. The summed E-state index contributed by atoms with van der Waals surface area (Å²) in [4.78, 5) is 43.2. The highest BCUT2D eigenvalue weighted by Gasteiger charge is 2.25. The Hall–Kier alpha value is -2.15. The lowest BCUT2D eigenvalue weighted by Gasteiger charge is -2.35. The molecule has 7 heteroatoms. The molecule has 0 spiro atoms. The summed E-state index contributed by atoms with van der Waals surface area (Å²) in [7, 11) is 3.70. The maximum absolute atomic E-state index is 12.3. The number of hydrogen-bond acceptors (Lipinski definition) is 4. The molecule has 1 aromatic heterocycles. The van der Waals surface area contributed by atoms with Crippen molar-refractivity contribution in [1.82, 2.24) is 19.7 Å². The molecule has 1 N–H and O–H groups in total. The van der Waals surface area contributed by atoms with E-state index in [4.69, 9.17) is 0 Å². The molecule has 0 aliphatic carbocycles. The van der Waals surface area contributed by atoms with Crippen LogP contribution >= 0.6 is 0 Å². The van der Waals surface area contributed by atoms with Crippen LogP contribution in [0.15, 0.2) is 23.0 Å². The zero-order valence-corrected chi connectivity index (χ0v) is 12.3. The first kappa shape index (κ1) is 15.2. The van der Waals surface area contributed by atoms with E-state index in [0.717, 1.165) is 0 Å². The molecule has 1 aliphatic heterocycles. The number of aromatic nitrogens is 1. The first-order valence-corrected chi connectivity index (χ1v) is 6.88. The first-order chi connectivity index (χ1) is 9.97. The Bertz CT molecular complexity index is 574. The van der Waals surface area contributed by atoms with Gasteiger partial charge in [-0.2, -0.15) is 0 Å². The summed E-state index contributed by atoms with van der Waals surface area (Å²) in [6, 6.07) is 4.52. The van der Waals surface area contributed by atoms with Gasteiger partial charge in [0.05, 0.1) is 6.54 Å². The van der Waals surface area contributed by atoms with E-state index in [9.17, 15) is 14.4 Å². The number of piperazine rings is 1. The minimum absolute atomic E-state index is 0.0696. The summed E-state index contributed by atoms with van der Waals surface area (Å²) >= 11 is 0. The molecule has 1 aliphatic rings. The molecule has 0 unspecified atom stereocenters. The van der Waals surface area contributed by atoms with Crippen LogP contribution in [-0.4, -0.2) is 78.3 Å². The van der Waals surface area contributed by atoms with E-state index in [1.807, 2.05) is 19.0 Å². The highest BCUT2D eigenvalue weighted by atomic mass is 16.2. The number of carbonyl (C=O) groups is 2. The Morgan fingerprint density at radius 2 is 1.76 bits per heavy atom. The van der Waals surface area contributed by atoms with Gasteiger partial charge in [0, 0.05) is 32.2 Å². The molecule has 2 amide bonds. The number of H-pyrrole nitrogens is 1. The maximum Gasteiger partial charge on any atom is 0.270 e. The zero-order valence-electron chi connectivity index (χ0n) is 12.3. The monoisotopic (exact) mass is 292 g/mol. The van der Waals surface area contributed by atoms with E-state index >= 15 is 0 Å². The lowest BCUT2D eigenvalue weighted by atomic mass is 10.2. The molecule has 1 aromatic rings. The van der Waals surface area contributed by atoms with Gasteiger partial charge in [-0.1, -0.05) is 6.07 Å². The summed E-state index contributed by atoms with van der Waals surface area (Å²) in [5.41, 5.74) is -0.00350. The van der Waals surface area contributed by atoms with Crippen LogP contribution in [0.3, 0.4) is 0 Å². The largest absolute Gasteiger partial charge is 0.338 e. The van der Waals surface area contributed by atoms with E-state index in [2.05, 4.69) is 4.98 Å². The summed E-state index contributed by atoms with van der Waals surface area (Å²) < 4.78 is 0. The van der Waals surface area contributed by atoms with Gasteiger partial charge in [-0.15, -0.1) is 0 Å².